The molecule has 4 heterocycles. The fraction of sp³-hybridized carbons (Fsp3) is 0.440. The van der Waals surface area contributed by atoms with Crippen molar-refractivity contribution >= 4 is 11.9 Å². The average molecular weight is 431 g/mol. The summed E-state index contributed by atoms with van der Waals surface area (Å²) >= 11 is 0. The molecule has 166 valence electrons. The molecule has 1 amide bonds. The number of aryl methyl sites for hydroxylation is 2. The molecule has 2 aliphatic rings. The highest BCUT2D eigenvalue weighted by atomic mass is 16.2. The summed E-state index contributed by atoms with van der Waals surface area (Å²) in [5.41, 5.74) is 5.20. The molecular weight excluding hydrogens is 400 g/mol. The average Bonchev–Trinajstić information content (AvgIpc) is 3.56. The summed E-state index contributed by atoms with van der Waals surface area (Å²) in [7, 11) is 1.96. The Morgan fingerprint density at radius 2 is 1.84 bits per heavy atom. The number of anilines is 1. The van der Waals surface area contributed by atoms with E-state index >= 15 is 0 Å². The minimum Gasteiger partial charge on any atom is -0.341 e. The predicted molar refractivity (Wildman–Crippen MR) is 124 cm³/mol. The van der Waals surface area contributed by atoms with Crippen LogP contribution in [0.25, 0.3) is 11.3 Å². The van der Waals surface area contributed by atoms with Gasteiger partial charge >= 0.3 is 0 Å². The number of rotatable bonds is 5. The Labute approximate surface area is 189 Å². The SMILES string of the molecule is Cc1ccc(CC(=O)N2CCC[C@@H]2c2c(-c3ccnc(N4CCCC4)n3)cnn2C)cc1. The number of carbonyl (C=O) groups excluding carboxylic acids is 1. The zero-order valence-electron chi connectivity index (χ0n) is 18.9. The van der Waals surface area contributed by atoms with Crippen molar-refractivity contribution in [2.75, 3.05) is 24.5 Å². The smallest absolute Gasteiger partial charge is 0.227 e. The van der Waals surface area contributed by atoms with Crippen molar-refractivity contribution in [3.05, 3.63) is 59.5 Å². The topological polar surface area (TPSA) is 67.2 Å². The molecule has 2 fully saturated rings. The molecule has 5 rings (SSSR count). The molecule has 0 spiro atoms. The summed E-state index contributed by atoms with van der Waals surface area (Å²) < 4.78 is 1.91. The summed E-state index contributed by atoms with van der Waals surface area (Å²) in [5, 5.41) is 4.56. The van der Waals surface area contributed by atoms with Gasteiger partial charge in [0.25, 0.3) is 0 Å². The van der Waals surface area contributed by atoms with E-state index in [1.807, 2.05) is 35.1 Å². The first kappa shape index (κ1) is 20.7. The first-order chi connectivity index (χ1) is 15.6. The van der Waals surface area contributed by atoms with Gasteiger partial charge in [-0.25, -0.2) is 9.97 Å². The number of benzene rings is 1. The van der Waals surface area contributed by atoms with Crippen molar-refractivity contribution in [2.45, 2.75) is 45.1 Å². The maximum Gasteiger partial charge on any atom is 0.227 e. The third kappa shape index (κ3) is 3.99. The van der Waals surface area contributed by atoms with E-state index in [1.54, 1.807) is 0 Å². The number of hydrogen-bond acceptors (Lipinski definition) is 5. The molecular formula is C25H30N6O. The van der Waals surface area contributed by atoms with Gasteiger partial charge in [-0.05, 0) is 44.2 Å². The van der Waals surface area contributed by atoms with Gasteiger partial charge < -0.3 is 9.80 Å². The summed E-state index contributed by atoms with van der Waals surface area (Å²) in [5.74, 6) is 0.956. The van der Waals surface area contributed by atoms with Crippen molar-refractivity contribution < 1.29 is 4.79 Å². The highest BCUT2D eigenvalue weighted by Gasteiger charge is 2.34. The maximum atomic E-state index is 13.3. The lowest BCUT2D eigenvalue weighted by Gasteiger charge is -2.26. The molecule has 0 N–H and O–H groups in total. The molecule has 3 aromatic rings. The van der Waals surface area contributed by atoms with Gasteiger partial charge in [0.1, 0.15) is 0 Å². The number of aromatic nitrogens is 4. The van der Waals surface area contributed by atoms with Gasteiger partial charge in [-0.2, -0.15) is 5.10 Å². The van der Waals surface area contributed by atoms with Gasteiger partial charge in [0.2, 0.25) is 11.9 Å². The minimum atomic E-state index is 0.0145. The molecule has 7 nitrogen and oxygen atoms in total. The molecule has 0 aliphatic carbocycles. The zero-order chi connectivity index (χ0) is 22.1. The van der Waals surface area contributed by atoms with Gasteiger partial charge in [0, 0.05) is 38.4 Å². The van der Waals surface area contributed by atoms with Crippen LogP contribution in [-0.4, -0.2) is 50.2 Å². The van der Waals surface area contributed by atoms with Crippen LogP contribution < -0.4 is 4.90 Å². The maximum absolute atomic E-state index is 13.3. The fourth-order valence-corrected chi connectivity index (χ4v) is 4.94. The van der Waals surface area contributed by atoms with Crippen LogP contribution in [0, 0.1) is 6.92 Å². The van der Waals surface area contributed by atoms with Gasteiger partial charge in [-0.3, -0.25) is 9.48 Å². The van der Waals surface area contributed by atoms with E-state index in [9.17, 15) is 4.79 Å². The van der Waals surface area contributed by atoms with Gasteiger partial charge in [-0.15, -0.1) is 0 Å². The van der Waals surface area contributed by atoms with Crippen LogP contribution in [-0.2, 0) is 18.3 Å². The van der Waals surface area contributed by atoms with E-state index in [1.165, 1.54) is 18.4 Å². The largest absolute Gasteiger partial charge is 0.341 e. The van der Waals surface area contributed by atoms with Crippen LogP contribution in [0.3, 0.4) is 0 Å². The van der Waals surface area contributed by atoms with Crippen LogP contribution >= 0.6 is 0 Å². The predicted octanol–water partition coefficient (Wildman–Crippen LogP) is 3.69. The second-order valence-electron chi connectivity index (χ2n) is 8.91. The van der Waals surface area contributed by atoms with Crippen LogP contribution in [0.15, 0.2) is 42.7 Å². The van der Waals surface area contributed by atoms with Crippen molar-refractivity contribution in [3.63, 3.8) is 0 Å². The van der Waals surface area contributed by atoms with Crippen molar-refractivity contribution in [3.8, 4) is 11.3 Å². The standard InChI is InChI=1S/C25H30N6O/c1-18-7-9-19(10-8-18)16-23(32)31-15-5-6-22(31)24-20(17-27-29(24)2)21-11-12-26-25(28-21)30-13-3-4-14-30/h7-12,17,22H,3-6,13-16H2,1-2H3/t22-/m1/s1. The van der Waals surface area contributed by atoms with Crippen molar-refractivity contribution in [2.24, 2.45) is 7.05 Å². The fourth-order valence-electron chi connectivity index (χ4n) is 4.94. The Balaban J connectivity index is 1.42. The summed E-state index contributed by atoms with van der Waals surface area (Å²) in [6.07, 6.45) is 8.45. The number of carbonyl (C=O) groups is 1. The normalized spacial score (nSPS) is 18.5. The van der Waals surface area contributed by atoms with Crippen molar-refractivity contribution in [1.82, 2.24) is 24.6 Å². The Morgan fingerprint density at radius 3 is 2.62 bits per heavy atom. The molecule has 7 heteroatoms. The summed E-state index contributed by atoms with van der Waals surface area (Å²) in [4.78, 5) is 26.9. The second-order valence-corrected chi connectivity index (χ2v) is 8.91. The zero-order valence-corrected chi connectivity index (χ0v) is 18.9. The third-order valence-electron chi connectivity index (χ3n) is 6.66. The lowest BCUT2D eigenvalue weighted by Crippen LogP contribution is -2.33. The number of amides is 1. The van der Waals surface area contributed by atoms with Crippen LogP contribution in [0.4, 0.5) is 5.95 Å². The van der Waals surface area contributed by atoms with E-state index in [0.29, 0.717) is 6.42 Å². The van der Waals surface area contributed by atoms with Crippen LogP contribution in [0.2, 0.25) is 0 Å². The van der Waals surface area contributed by atoms with Crippen molar-refractivity contribution in [1.29, 1.82) is 0 Å². The number of hydrogen-bond donors (Lipinski definition) is 0. The van der Waals surface area contributed by atoms with E-state index in [4.69, 9.17) is 4.98 Å². The molecule has 0 bridgehead atoms. The molecule has 1 aromatic carbocycles. The number of nitrogens with zero attached hydrogens (tertiary/aromatic N) is 6. The molecule has 0 saturated carbocycles. The Bertz CT molecular complexity index is 1100. The van der Waals surface area contributed by atoms with E-state index in [0.717, 1.165) is 60.9 Å². The first-order valence-corrected chi connectivity index (χ1v) is 11.6. The van der Waals surface area contributed by atoms with Crippen LogP contribution in [0.1, 0.15) is 48.5 Å². The van der Waals surface area contributed by atoms with E-state index in [-0.39, 0.29) is 11.9 Å². The quantitative estimate of drug-likeness (QED) is 0.618. The molecule has 2 saturated heterocycles. The number of likely N-dealkylation sites (tertiary alicyclic amines) is 1. The molecule has 2 aliphatic heterocycles. The second kappa shape index (κ2) is 8.73. The molecule has 0 unspecified atom stereocenters. The van der Waals surface area contributed by atoms with Gasteiger partial charge in [0.15, 0.2) is 0 Å². The molecule has 32 heavy (non-hydrogen) atoms. The Kier molecular flexibility index (Phi) is 5.64. The molecule has 0 radical (unpaired) electrons. The third-order valence-corrected chi connectivity index (χ3v) is 6.66. The summed E-state index contributed by atoms with van der Waals surface area (Å²) in [6, 6.07) is 10.2. The summed E-state index contributed by atoms with van der Waals surface area (Å²) in [6.45, 7) is 4.86. The minimum absolute atomic E-state index is 0.0145. The highest BCUT2D eigenvalue weighted by Crippen LogP contribution is 2.37. The van der Waals surface area contributed by atoms with Crippen LogP contribution in [0.5, 0.6) is 0 Å². The van der Waals surface area contributed by atoms with Gasteiger partial charge in [0.05, 0.1) is 30.0 Å². The Hall–Kier alpha value is -3.22. The first-order valence-electron chi connectivity index (χ1n) is 11.6. The van der Waals surface area contributed by atoms with Gasteiger partial charge in [-0.1, -0.05) is 29.8 Å². The Morgan fingerprint density at radius 1 is 1.06 bits per heavy atom. The monoisotopic (exact) mass is 430 g/mol. The molecule has 2 aromatic heterocycles. The van der Waals surface area contributed by atoms with E-state index in [2.05, 4.69) is 46.2 Å². The highest BCUT2D eigenvalue weighted by molar-refractivity contribution is 5.80. The molecule has 1 atom stereocenters. The lowest BCUT2D eigenvalue weighted by atomic mass is 10.0. The van der Waals surface area contributed by atoms with E-state index < -0.39 is 0 Å². The lowest BCUT2D eigenvalue weighted by molar-refractivity contribution is -0.131.